The van der Waals surface area contributed by atoms with Gasteiger partial charge in [0.05, 0.1) is 0 Å². The maximum absolute atomic E-state index is 12.9. The van der Waals surface area contributed by atoms with Crippen LogP contribution in [-0.4, -0.2) is 37.2 Å². The van der Waals surface area contributed by atoms with E-state index in [0.717, 1.165) is 135 Å². The predicted octanol–water partition coefficient (Wildman–Crippen LogP) is 21.9. The predicted molar refractivity (Wildman–Crippen MR) is 325 cm³/mol. The van der Waals surface area contributed by atoms with Crippen molar-refractivity contribution in [2.45, 2.75) is 322 Å². The average Bonchev–Trinajstić information content (AvgIpc) is 3.41. The highest BCUT2D eigenvalue weighted by Gasteiger charge is 2.19. The van der Waals surface area contributed by atoms with Crippen molar-refractivity contribution in [3.63, 3.8) is 0 Å². The molecule has 432 valence electrons. The Labute approximate surface area is 465 Å². The molecule has 0 N–H and O–H groups in total. The summed E-state index contributed by atoms with van der Waals surface area (Å²) in [5, 5.41) is 0. The Bertz CT molecular complexity index is 1430. The second-order valence-corrected chi connectivity index (χ2v) is 21.3. The molecule has 6 heteroatoms. The smallest absolute Gasteiger partial charge is 0.306 e. The van der Waals surface area contributed by atoms with Gasteiger partial charge in [-0.3, -0.25) is 14.4 Å². The van der Waals surface area contributed by atoms with Crippen LogP contribution in [-0.2, 0) is 28.6 Å². The third-order valence-electron chi connectivity index (χ3n) is 13.8. The molecule has 75 heavy (non-hydrogen) atoms. The third kappa shape index (κ3) is 61.3. The summed E-state index contributed by atoms with van der Waals surface area (Å²) in [6, 6.07) is 0. The highest BCUT2D eigenvalue weighted by molar-refractivity contribution is 5.71. The van der Waals surface area contributed by atoms with E-state index in [1.54, 1.807) is 0 Å². The molecule has 0 aromatic heterocycles. The maximum Gasteiger partial charge on any atom is 0.306 e. The highest BCUT2D eigenvalue weighted by Crippen LogP contribution is 2.17. The third-order valence-corrected chi connectivity index (χ3v) is 13.8. The lowest BCUT2D eigenvalue weighted by Crippen LogP contribution is -2.30. The summed E-state index contributed by atoms with van der Waals surface area (Å²) in [5.41, 5.74) is 0. The minimum atomic E-state index is -0.791. The molecule has 0 fully saturated rings. The van der Waals surface area contributed by atoms with Gasteiger partial charge in [0.15, 0.2) is 6.10 Å². The van der Waals surface area contributed by atoms with Crippen molar-refractivity contribution >= 4 is 17.9 Å². The van der Waals surface area contributed by atoms with E-state index in [-0.39, 0.29) is 31.1 Å². The molecule has 0 heterocycles. The topological polar surface area (TPSA) is 78.9 Å². The number of hydrogen-bond donors (Lipinski definition) is 0. The number of allylic oxidation sites excluding steroid dienone is 14. The fourth-order valence-corrected chi connectivity index (χ4v) is 9.06. The Morgan fingerprint density at radius 1 is 0.280 bits per heavy atom. The van der Waals surface area contributed by atoms with Crippen LogP contribution < -0.4 is 0 Å². The molecule has 0 saturated carbocycles. The van der Waals surface area contributed by atoms with Gasteiger partial charge in [0.2, 0.25) is 0 Å². The molecular weight excluding hydrogens is 925 g/mol. The molecule has 0 aliphatic heterocycles. The van der Waals surface area contributed by atoms with Crippen LogP contribution in [0.2, 0.25) is 0 Å². The number of hydrogen-bond acceptors (Lipinski definition) is 6. The molecule has 0 aromatic rings. The fourth-order valence-electron chi connectivity index (χ4n) is 9.06. The van der Waals surface area contributed by atoms with E-state index in [0.29, 0.717) is 19.3 Å². The van der Waals surface area contributed by atoms with Crippen molar-refractivity contribution in [2.24, 2.45) is 0 Å². The average molecular weight is 1050 g/mol. The quantitative estimate of drug-likeness (QED) is 0.0261. The standard InChI is InChI=1S/C69H120O6/c1-4-7-10-13-16-19-22-25-27-28-29-30-31-32-33-34-35-36-37-38-39-40-42-44-47-50-53-56-59-62-68(71)74-65-66(64-73-67(70)61-58-55-52-49-46-43-24-21-18-15-12-9-6-3)75-69(72)63-60-57-54-51-48-45-41-26-23-20-17-14-11-8-5-2/h8,11-12,15,17,20-22,24-26,28-29,41,66H,4-7,9-10,13-14,16,18-19,23,27,30-40,42-65H2,1-3H3/b11-8-,15-12-,20-17-,24-21-,25-22-,29-28-,41-26-. The van der Waals surface area contributed by atoms with Gasteiger partial charge in [0.1, 0.15) is 13.2 Å². The van der Waals surface area contributed by atoms with Crippen LogP contribution >= 0.6 is 0 Å². The summed E-state index contributed by atoms with van der Waals surface area (Å²) in [7, 11) is 0. The Morgan fingerprint density at radius 3 is 0.867 bits per heavy atom. The molecule has 0 bridgehead atoms. The van der Waals surface area contributed by atoms with Crippen molar-refractivity contribution in [3.05, 3.63) is 85.1 Å². The van der Waals surface area contributed by atoms with Gasteiger partial charge in [-0.1, -0.05) is 273 Å². The molecule has 6 nitrogen and oxygen atoms in total. The summed E-state index contributed by atoms with van der Waals surface area (Å²) in [4.78, 5) is 38.2. The van der Waals surface area contributed by atoms with E-state index < -0.39 is 6.10 Å². The monoisotopic (exact) mass is 1040 g/mol. The Morgan fingerprint density at radius 2 is 0.547 bits per heavy atom. The number of carbonyl (C=O) groups excluding carboxylic acids is 3. The van der Waals surface area contributed by atoms with E-state index in [9.17, 15) is 14.4 Å². The lowest BCUT2D eigenvalue weighted by Gasteiger charge is -2.18. The minimum Gasteiger partial charge on any atom is -0.462 e. The lowest BCUT2D eigenvalue weighted by molar-refractivity contribution is -0.167. The van der Waals surface area contributed by atoms with Crippen molar-refractivity contribution in [2.75, 3.05) is 13.2 Å². The van der Waals surface area contributed by atoms with Crippen LogP contribution in [0.3, 0.4) is 0 Å². The van der Waals surface area contributed by atoms with Crippen LogP contribution in [0, 0.1) is 0 Å². The number of rotatable bonds is 58. The number of esters is 3. The van der Waals surface area contributed by atoms with Gasteiger partial charge >= 0.3 is 17.9 Å². The highest BCUT2D eigenvalue weighted by atomic mass is 16.6. The minimum absolute atomic E-state index is 0.0865. The first kappa shape index (κ1) is 71.6. The van der Waals surface area contributed by atoms with E-state index in [4.69, 9.17) is 14.2 Å². The molecule has 1 unspecified atom stereocenters. The van der Waals surface area contributed by atoms with E-state index in [2.05, 4.69) is 106 Å². The zero-order valence-electron chi connectivity index (χ0n) is 49.6. The van der Waals surface area contributed by atoms with Crippen LogP contribution in [0.5, 0.6) is 0 Å². The first-order valence-corrected chi connectivity index (χ1v) is 32.1. The van der Waals surface area contributed by atoms with Gasteiger partial charge in [0, 0.05) is 19.3 Å². The van der Waals surface area contributed by atoms with Crippen LogP contribution in [0.1, 0.15) is 316 Å². The molecule has 0 radical (unpaired) electrons. The van der Waals surface area contributed by atoms with Gasteiger partial charge in [0.25, 0.3) is 0 Å². The molecule has 0 aliphatic carbocycles. The molecule has 0 rings (SSSR count). The summed E-state index contributed by atoms with van der Waals surface area (Å²) < 4.78 is 16.9. The van der Waals surface area contributed by atoms with Gasteiger partial charge in [-0.15, -0.1) is 0 Å². The largest absolute Gasteiger partial charge is 0.462 e. The van der Waals surface area contributed by atoms with Crippen molar-refractivity contribution < 1.29 is 28.6 Å². The first-order valence-electron chi connectivity index (χ1n) is 32.1. The first-order chi connectivity index (χ1) is 37.0. The van der Waals surface area contributed by atoms with Crippen LogP contribution in [0.4, 0.5) is 0 Å². The van der Waals surface area contributed by atoms with E-state index >= 15 is 0 Å². The number of carbonyl (C=O) groups is 3. The lowest BCUT2D eigenvalue weighted by atomic mass is 10.0. The molecule has 1 atom stereocenters. The maximum atomic E-state index is 12.9. The summed E-state index contributed by atoms with van der Waals surface area (Å²) in [6.45, 7) is 6.45. The van der Waals surface area contributed by atoms with Gasteiger partial charge in [-0.05, 0) is 109 Å². The zero-order chi connectivity index (χ0) is 54.3. The Hall–Kier alpha value is -3.41. The van der Waals surface area contributed by atoms with Crippen LogP contribution in [0.25, 0.3) is 0 Å². The number of unbranched alkanes of at least 4 members (excludes halogenated alkanes) is 33. The Kier molecular flexibility index (Phi) is 60.3. The zero-order valence-corrected chi connectivity index (χ0v) is 49.6. The normalized spacial score (nSPS) is 12.6. The molecule has 0 aromatic carbocycles. The van der Waals surface area contributed by atoms with Gasteiger partial charge in [-0.25, -0.2) is 0 Å². The van der Waals surface area contributed by atoms with Crippen LogP contribution in [0.15, 0.2) is 85.1 Å². The molecule has 0 amide bonds. The fraction of sp³-hybridized carbons (Fsp3) is 0.754. The van der Waals surface area contributed by atoms with E-state index in [1.165, 1.54) is 141 Å². The van der Waals surface area contributed by atoms with Gasteiger partial charge < -0.3 is 14.2 Å². The van der Waals surface area contributed by atoms with Gasteiger partial charge in [-0.2, -0.15) is 0 Å². The molecular formula is C69H120O6. The second-order valence-electron chi connectivity index (χ2n) is 21.3. The second kappa shape index (κ2) is 63.1. The SMILES string of the molecule is CC/C=C\C/C=C\C/C=C\CCCCCCCC(=O)OC(COC(=O)CCCCCCC/C=C\C/C=C\CCC)COC(=O)CCCCCCCCCCCCCCCCCCC/C=C\C/C=C\CCCCCCC. The molecule has 0 spiro atoms. The Balaban J connectivity index is 4.21. The summed E-state index contributed by atoms with van der Waals surface area (Å²) in [6.07, 6.45) is 83.2. The van der Waals surface area contributed by atoms with Crippen molar-refractivity contribution in [1.29, 1.82) is 0 Å². The van der Waals surface area contributed by atoms with Crippen molar-refractivity contribution in [1.82, 2.24) is 0 Å². The molecule has 0 saturated heterocycles. The molecule has 0 aliphatic rings. The number of ether oxygens (including phenoxy) is 3. The summed E-state index contributed by atoms with van der Waals surface area (Å²) in [5.74, 6) is -0.908. The summed E-state index contributed by atoms with van der Waals surface area (Å²) >= 11 is 0. The van der Waals surface area contributed by atoms with Crippen molar-refractivity contribution in [3.8, 4) is 0 Å². The van der Waals surface area contributed by atoms with E-state index in [1.807, 2.05) is 0 Å².